The maximum atomic E-state index is 12.2. The van der Waals surface area contributed by atoms with E-state index in [0.29, 0.717) is 5.76 Å². The van der Waals surface area contributed by atoms with Crippen LogP contribution in [0.4, 0.5) is 5.69 Å². The quantitative estimate of drug-likeness (QED) is 0.693. The first-order valence-electron chi connectivity index (χ1n) is 5.83. The molecule has 0 saturated heterocycles. The van der Waals surface area contributed by atoms with Gasteiger partial charge in [0.2, 0.25) is 15.9 Å². The van der Waals surface area contributed by atoms with Gasteiger partial charge in [-0.2, -0.15) is 0 Å². The lowest BCUT2D eigenvalue weighted by Gasteiger charge is -2.09. The lowest BCUT2D eigenvalue weighted by atomic mass is 10.2. The number of hydrogen-bond donors (Lipinski definition) is 3. The number of sulfonamides is 1. The molecule has 0 amide bonds. The second kappa shape index (κ2) is 5.54. The van der Waals surface area contributed by atoms with E-state index >= 15 is 0 Å². The molecular formula is C12H13N3O5S. The number of carboxylic acids is 1. The predicted molar refractivity (Wildman–Crippen MR) is 73.1 cm³/mol. The van der Waals surface area contributed by atoms with Crippen LogP contribution in [0.5, 0.6) is 0 Å². The van der Waals surface area contributed by atoms with Crippen molar-refractivity contribution in [2.24, 2.45) is 0 Å². The summed E-state index contributed by atoms with van der Waals surface area (Å²) in [6, 6.07) is 3.55. The van der Waals surface area contributed by atoms with Crippen molar-refractivity contribution in [3.63, 3.8) is 0 Å². The number of carboxylic acid groups (broad SMARTS) is 1. The molecule has 0 radical (unpaired) electrons. The topological polar surface area (TPSA) is 136 Å². The summed E-state index contributed by atoms with van der Waals surface area (Å²) in [6.07, 6.45) is 1.45. The summed E-state index contributed by atoms with van der Waals surface area (Å²) in [5.74, 6) is -0.640. The van der Waals surface area contributed by atoms with Crippen molar-refractivity contribution >= 4 is 21.7 Å². The number of aryl methyl sites for hydroxylation is 1. The smallest absolute Gasteiger partial charge is 0.337 e. The van der Waals surface area contributed by atoms with Crippen LogP contribution in [0.25, 0.3) is 0 Å². The van der Waals surface area contributed by atoms with Crippen molar-refractivity contribution < 1.29 is 22.7 Å². The number of aromatic nitrogens is 1. The Morgan fingerprint density at radius 1 is 1.48 bits per heavy atom. The maximum absolute atomic E-state index is 12.2. The van der Waals surface area contributed by atoms with Gasteiger partial charge in [-0.25, -0.2) is 22.9 Å². The Labute approximate surface area is 120 Å². The molecule has 112 valence electrons. The van der Waals surface area contributed by atoms with Crippen LogP contribution in [0.2, 0.25) is 0 Å². The van der Waals surface area contributed by atoms with E-state index in [1.165, 1.54) is 12.3 Å². The SMILES string of the molecule is Cc1cnc(CNS(=O)(=O)c2cc(N)ccc2C(=O)O)o1. The number of nitrogens with one attached hydrogen (secondary N) is 1. The summed E-state index contributed by atoms with van der Waals surface area (Å²) in [6.45, 7) is 1.48. The van der Waals surface area contributed by atoms with Gasteiger partial charge in [0.1, 0.15) is 5.76 Å². The average Bonchev–Trinajstić information content (AvgIpc) is 2.82. The summed E-state index contributed by atoms with van der Waals surface area (Å²) >= 11 is 0. The van der Waals surface area contributed by atoms with Gasteiger partial charge in [-0.3, -0.25) is 0 Å². The van der Waals surface area contributed by atoms with E-state index < -0.39 is 20.9 Å². The molecule has 0 aliphatic rings. The lowest BCUT2D eigenvalue weighted by Crippen LogP contribution is -2.25. The van der Waals surface area contributed by atoms with Crippen LogP contribution in [0.15, 0.2) is 33.7 Å². The fourth-order valence-corrected chi connectivity index (χ4v) is 2.86. The number of hydrogen-bond acceptors (Lipinski definition) is 6. The summed E-state index contributed by atoms with van der Waals surface area (Å²) in [5.41, 5.74) is 5.30. The lowest BCUT2D eigenvalue weighted by molar-refractivity contribution is 0.0692. The van der Waals surface area contributed by atoms with E-state index in [-0.39, 0.29) is 23.7 Å². The molecule has 1 heterocycles. The number of oxazole rings is 1. The Morgan fingerprint density at radius 3 is 2.76 bits per heavy atom. The zero-order valence-electron chi connectivity index (χ0n) is 11.0. The molecule has 2 rings (SSSR count). The van der Waals surface area contributed by atoms with E-state index in [4.69, 9.17) is 15.3 Å². The van der Waals surface area contributed by atoms with Crippen LogP contribution >= 0.6 is 0 Å². The van der Waals surface area contributed by atoms with Crippen LogP contribution in [-0.4, -0.2) is 24.5 Å². The van der Waals surface area contributed by atoms with Crippen LogP contribution in [0.3, 0.4) is 0 Å². The molecule has 1 aromatic carbocycles. The van der Waals surface area contributed by atoms with Crippen LogP contribution in [0.1, 0.15) is 22.0 Å². The molecule has 0 atom stereocenters. The predicted octanol–water partition coefficient (Wildman–Crippen LogP) is 0.742. The molecule has 0 unspecified atom stereocenters. The molecule has 0 spiro atoms. The van der Waals surface area contributed by atoms with E-state index in [2.05, 4.69) is 9.71 Å². The molecule has 4 N–H and O–H groups in total. The maximum Gasteiger partial charge on any atom is 0.337 e. The van der Waals surface area contributed by atoms with Crippen molar-refractivity contribution in [2.75, 3.05) is 5.73 Å². The van der Waals surface area contributed by atoms with Gasteiger partial charge in [-0.15, -0.1) is 0 Å². The van der Waals surface area contributed by atoms with Gasteiger partial charge in [0.15, 0.2) is 0 Å². The summed E-state index contributed by atoms with van der Waals surface area (Å²) < 4.78 is 31.7. The third-order valence-corrected chi connectivity index (χ3v) is 4.05. The highest BCUT2D eigenvalue weighted by Gasteiger charge is 2.23. The third-order valence-electron chi connectivity index (χ3n) is 2.61. The summed E-state index contributed by atoms with van der Waals surface area (Å²) in [5, 5.41) is 9.04. The second-order valence-corrected chi connectivity index (χ2v) is 5.99. The monoisotopic (exact) mass is 311 g/mol. The number of anilines is 1. The Bertz CT molecular complexity index is 782. The van der Waals surface area contributed by atoms with Crippen LogP contribution < -0.4 is 10.5 Å². The minimum absolute atomic E-state index is 0.146. The zero-order valence-corrected chi connectivity index (χ0v) is 11.8. The van der Waals surface area contributed by atoms with Crippen LogP contribution in [0, 0.1) is 6.92 Å². The highest BCUT2D eigenvalue weighted by molar-refractivity contribution is 7.89. The molecule has 0 saturated carbocycles. The fraction of sp³-hybridized carbons (Fsp3) is 0.167. The van der Waals surface area contributed by atoms with Crippen molar-refractivity contribution in [3.05, 3.63) is 41.6 Å². The van der Waals surface area contributed by atoms with Crippen molar-refractivity contribution in [3.8, 4) is 0 Å². The van der Waals surface area contributed by atoms with Gasteiger partial charge in [0.05, 0.1) is 23.2 Å². The number of nitrogen functional groups attached to an aromatic ring is 1. The summed E-state index contributed by atoms with van der Waals surface area (Å²) in [4.78, 5) is 14.5. The number of rotatable bonds is 5. The molecule has 1 aromatic heterocycles. The van der Waals surface area contributed by atoms with Crippen molar-refractivity contribution in [1.29, 1.82) is 0 Å². The van der Waals surface area contributed by atoms with E-state index in [0.717, 1.165) is 12.1 Å². The van der Waals surface area contributed by atoms with Gasteiger partial charge in [0.25, 0.3) is 0 Å². The molecule has 0 bridgehead atoms. The second-order valence-electron chi connectivity index (χ2n) is 4.25. The normalized spacial score (nSPS) is 11.5. The highest BCUT2D eigenvalue weighted by Crippen LogP contribution is 2.19. The fourth-order valence-electron chi connectivity index (χ4n) is 1.66. The molecular weight excluding hydrogens is 298 g/mol. The average molecular weight is 311 g/mol. The molecule has 21 heavy (non-hydrogen) atoms. The molecule has 9 heteroatoms. The van der Waals surface area contributed by atoms with Gasteiger partial charge in [0, 0.05) is 5.69 Å². The Balaban J connectivity index is 2.31. The minimum Gasteiger partial charge on any atom is -0.478 e. The Hall–Kier alpha value is -2.39. The van der Waals surface area contributed by atoms with Gasteiger partial charge in [-0.05, 0) is 25.1 Å². The van der Waals surface area contributed by atoms with Gasteiger partial charge in [-0.1, -0.05) is 0 Å². The number of benzene rings is 1. The summed E-state index contributed by atoms with van der Waals surface area (Å²) in [7, 11) is -4.06. The molecule has 0 aliphatic heterocycles. The molecule has 0 aliphatic carbocycles. The minimum atomic E-state index is -4.06. The highest BCUT2D eigenvalue weighted by atomic mass is 32.2. The van der Waals surface area contributed by atoms with E-state index in [9.17, 15) is 13.2 Å². The first-order valence-corrected chi connectivity index (χ1v) is 7.32. The Kier molecular flexibility index (Phi) is 3.96. The zero-order chi connectivity index (χ0) is 15.6. The van der Waals surface area contributed by atoms with E-state index in [1.54, 1.807) is 6.92 Å². The first-order chi connectivity index (χ1) is 9.79. The van der Waals surface area contributed by atoms with Crippen molar-refractivity contribution in [1.82, 2.24) is 9.71 Å². The first kappa shape index (κ1) is 15.0. The van der Waals surface area contributed by atoms with E-state index in [1.807, 2.05) is 0 Å². The number of aromatic carboxylic acids is 1. The standard InChI is InChI=1S/C12H13N3O5S/c1-7-5-14-11(20-7)6-15-21(18,19)10-4-8(13)2-3-9(10)12(16)17/h2-5,15H,6,13H2,1H3,(H,16,17). The molecule has 0 fully saturated rings. The largest absolute Gasteiger partial charge is 0.478 e. The van der Waals surface area contributed by atoms with Gasteiger partial charge < -0.3 is 15.3 Å². The van der Waals surface area contributed by atoms with Crippen LogP contribution in [-0.2, 0) is 16.6 Å². The molecule has 2 aromatic rings. The number of nitrogens with zero attached hydrogens (tertiary/aromatic N) is 1. The number of carbonyl (C=O) groups is 1. The van der Waals surface area contributed by atoms with Gasteiger partial charge >= 0.3 is 5.97 Å². The Morgan fingerprint density at radius 2 is 2.19 bits per heavy atom. The third kappa shape index (κ3) is 3.38. The van der Waals surface area contributed by atoms with Crippen molar-refractivity contribution in [2.45, 2.75) is 18.4 Å². The molecule has 8 nitrogen and oxygen atoms in total. The number of nitrogens with two attached hydrogens (primary N) is 1.